The summed E-state index contributed by atoms with van der Waals surface area (Å²) < 4.78 is 2.10. The zero-order valence-electron chi connectivity index (χ0n) is 14.6. The Labute approximate surface area is 130 Å². The highest BCUT2D eigenvalue weighted by molar-refractivity contribution is 5.13. The molecular weight excluding hydrogens is 258 g/mol. The summed E-state index contributed by atoms with van der Waals surface area (Å²) >= 11 is 0. The lowest BCUT2D eigenvalue weighted by Gasteiger charge is -2.40. The normalized spacial score (nSPS) is 18.9. The smallest absolute Gasteiger partial charge is 0.0624 e. The Morgan fingerprint density at radius 3 is 2.43 bits per heavy atom. The van der Waals surface area contributed by atoms with Crippen molar-refractivity contribution in [2.75, 3.05) is 6.54 Å². The van der Waals surface area contributed by atoms with Gasteiger partial charge in [-0.05, 0) is 57.9 Å². The standard InChI is InChI=1S/C18H33N3/c1-6-15-12-16(21(5)20-15)13-18(10-8-7-9-11-18)14-19-17(2,3)4/h12,19H,6-11,13-14H2,1-5H3. The van der Waals surface area contributed by atoms with Crippen molar-refractivity contribution < 1.29 is 0 Å². The third-order valence-electron chi connectivity index (χ3n) is 4.85. The van der Waals surface area contributed by atoms with Crippen LogP contribution in [0.3, 0.4) is 0 Å². The van der Waals surface area contributed by atoms with Crippen molar-refractivity contribution in [2.24, 2.45) is 12.5 Å². The maximum atomic E-state index is 4.63. The van der Waals surface area contributed by atoms with Crippen molar-refractivity contribution >= 4 is 0 Å². The maximum absolute atomic E-state index is 4.63. The molecule has 2 rings (SSSR count). The summed E-state index contributed by atoms with van der Waals surface area (Å²) in [6, 6.07) is 2.31. The number of nitrogens with one attached hydrogen (secondary N) is 1. The molecule has 1 aromatic heterocycles. The van der Waals surface area contributed by atoms with Gasteiger partial charge < -0.3 is 5.32 Å². The minimum absolute atomic E-state index is 0.200. The van der Waals surface area contributed by atoms with Crippen LogP contribution in [0.2, 0.25) is 0 Å². The molecule has 0 bridgehead atoms. The molecule has 1 fully saturated rings. The minimum Gasteiger partial charge on any atom is -0.312 e. The number of aromatic nitrogens is 2. The van der Waals surface area contributed by atoms with Gasteiger partial charge in [0.25, 0.3) is 0 Å². The molecule has 3 heteroatoms. The molecule has 0 atom stereocenters. The van der Waals surface area contributed by atoms with Crippen LogP contribution >= 0.6 is 0 Å². The van der Waals surface area contributed by atoms with E-state index in [1.807, 2.05) is 0 Å². The molecule has 0 spiro atoms. The average molecular weight is 291 g/mol. The predicted octanol–water partition coefficient (Wildman–Crippen LogP) is 3.86. The van der Waals surface area contributed by atoms with Gasteiger partial charge in [0.1, 0.15) is 0 Å². The Balaban J connectivity index is 2.13. The summed E-state index contributed by atoms with van der Waals surface area (Å²) in [5.41, 5.74) is 3.25. The van der Waals surface area contributed by atoms with Crippen LogP contribution in [0.15, 0.2) is 6.07 Å². The van der Waals surface area contributed by atoms with Crippen LogP contribution < -0.4 is 5.32 Å². The quantitative estimate of drug-likeness (QED) is 0.892. The van der Waals surface area contributed by atoms with Crippen molar-refractivity contribution in [3.8, 4) is 0 Å². The van der Waals surface area contributed by atoms with E-state index in [4.69, 9.17) is 0 Å². The van der Waals surface area contributed by atoms with Crippen molar-refractivity contribution in [1.82, 2.24) is 15.1 Å². The van der Waals surface area contributed by atoms with Gasteiger partial charge in [0.2, 0.25) is 0 Å². The van der Waals surface area contributed by atoms with Crippen LogP contribution in [0.4, 0.5) is 0 Å². The fraction of sp³-hybridized carbons (Fsp3) is 0.833. The van der Waals surface area contributed by atoms with Gasteiger partial charge in [0.05, 0.1) is 5.69 Å². The second-order valence-electron chi connectivity index (χ2n) is 7.95. The van der Waals surface area contributed by atoms with Crippen LogP contribution in [0.1, 0.15) is 71.2 Å². The lowest BCUT2D eigenvalue weighted by atomic mass is 9.70. The topological polar surface area (TPSA) is 29.9 Å². The summed E-state index contributed by atoms with van der Waals surface area (Å²) in [5, 5.41) is 8.39. The molecule has 0 aromatic carbocycles. The molecule has 1 N–H and O–H groups in total. The van der Waals surface area contributed by atoms with Gasteiger partial charge in [-0.25, -0.2) is 0 Å². The van der Waals surface area contributed by atoms with E-state index in [1.165, 1.54) is 49.9 Å². The van der Waals surface area contributed by atoms with Gasteiger partial charge in [-0.15, -0.1) is 0 Å². The summed E-state index contributed by atoms with van der Waals surface area (Å²) in [6.07, 6.45) is 9.06. The molecule has 0 amide bonds. The molecule has 1 saturated carbocycles. The highest BCUT2D eigenvalue weighted by Crippen LogP contribution is 2.39. The summed E-state index contributed by atoms with van der Waals surface area (Å²) in [6.45, 7) is 10.1. The number of hydrogen-bond acceptors (Lipinski definition) is 2. The lowest BCUT2D eigenvalue weighted by Crippen LogP contribution is -2.46. The number of rotatable bonds is 5. The van der Waals surface area contributed by atoms with Gasteiger partial charge in [-0.1, -0.05) is 26.2 Å². The van der Waals surface area contributed by atoms with E-state index in [-0.39, 0.29) is 5.54 Å². The first-order chi connectivity index (χ1) is 9.84. The van der Waals surface area contributed by atoms with Crippen molar-refractivity contribution in [2.45, 2.75) is 78.2 Å². The second kappa shape index (κ2) is 6.51. The van der Waals surface area contributed by atoms with Crippen molar-refractivity contribution in [1.29, 1.82) is 0 Å². The van der Waals surface area contributed by atoms with E-state index < -0.39 is 0 Å². The molecule has 1 aliphatic carbocycles. The van der Waals surface area contributed by atoms with E-state index in [9.17, 15) is 0 Å². The van der Waals surface area contributed by atoms with Crippen LogP contribution in [-0.4, -0.2) is 21.9 Å². The molecule has 0 aliphatic heterocycles. The Morgan fingerprint density at radius 1 is 1.24 bits per heavy atom. The van der Waals surface area contributed by atoms with Crippen molar-refractivity contribution in [3.05, 3.63) is 17.5 Å². The Bertz CT molecular complexity index is 448. The monoisotopic (exact) mass is 291 g/mol. The Morgan fingerprint density at radius 2 is 1.90 bits per heavy atom. The fourth-order valence-electron chi connectivity index (χ4n) is 3.46. The average Bonchev–Trinajstić information content (AvgIpc) is 2.78. The van der Waals surface area contributed by atoms with E-state index in [0.717, 1.165) is 13.0 Å². The molecule has 0 radical (unpaired) electrons. The molecule has 1 aliphatic rings. The largest absolute Gasteiger partial charge is 0.312 e. The van der Waals surface area contributed by atoms with E-state index in [1.54, 1.807) is 0 Å². The highest BCUT2D eigenvalue weighted by atomic mass is 15.3. The van der Waals surface area contributed by atoms with Gasteiger partial charge in [0.15, 0.2) is 0 Å². The molecule has 0 unspecified atom stereocenters. The number of hydrogen-bond donors (Lipinski definition) is 1. The van der Waals surface area contributed by atoms with E-state index >= 15 is 0 Å². The second-order valence-corrected chi connectivity index (χ2v) is 7.95. The molecule has 3 nitrogen and oxygen atoms in total. The Kier molecular flexibility index (Phi) is 5.13. The van der Waals surface area contributed by atoms with Gasteiger partial charge in [-0.2, -0.15) is 5.10 Å². The summed E-state index contributed by atoms with van der Waals surface area (Å²) in [4.78, 5) is 0. The predicted molar refractivity (Wildman–Crippen MR) is 89.6 cm³/mol. The molecule has 1 heterocycles. The van der Waals surface area contributed by atoms with Crippen LogP contribution in [-0.2, 0) is 19.9 Å². The fourth-order valence-corrected chi connectivity index (χ4v) is 3.46. The lowest BCUT2D eigenvalue weighted by molar-refractivity contribution is 0.162. The van der Waals surface area contributed by atoms with Crippen LogP contribution in [0, 0.1) is 5.41 Å². The molecule has 21 heavy (non-hydrogen) atoms. The zero-order valence-corrected chi connectivity index (χ0v) is 14.6. The SMILES string of the molecule is CCc1cc(CC2(CNC(C)(C)C)CCCCC2)n(C)n1. The van der Waals surface area contributed by atoms with Crippen LogP contribution in [0.25, 0.3) is 0 Å². The van der Waals surface area contributed by atoms with Crippen molar-refractivity contribution in [3.63, 3.8) is 0 Å². The van der Waals surface area contributed by atoms with E-state index in [0.29, 0.717) is 5.41 Å². The molecule has 0 saturated heterocycles. The number of aryl methyl sites for hydroxylation is 2. The highest BCUT2D eigenvalue weighted by Gasteiger charge is 2.34. The van der Waals surface area contributed by atoms with Crippen LogP contribution in [0.5, 0.6) is 0 Å². The minimum atomic E-state index is 0.200. The first kappa shape index (κ1) is 16.5. The molecule has 120 valence electrons. The third-order valence-corrected chi connectivity index (χ3v) is 4.85. The van der Waals surface area contributed by atoms with Gasteiger partial charge in [0, 0.05) is 24.8 Å². The van der Waals surface area contributed by atoms with Gasteiger partial charge in [-0.3, -0.25) is 4.68 Å². The maximum Gasteiger partial charge on any atom is 0.0624 e. The summed E-state index contributed by atoms with van der Waals surface area (Å²) in [7, 11) is 2.10. The third kappa shape index (κ3) is 4.57. The van der Waals surface area contributed by atoms with E-state index in [2.05, 4.69) is 55.9 Å². The first-order valence-electron chi connectivity index (χ1n) is 8.60. The Hall–Kier alpha value is -0.830. The first-order valence-corrected chi connectivity index (χ1v) is 8.60. The molecular formula is C18H33N3. The van der Waals surface area contributed by atoms with Gasteiger partial charge >= 0.3 is 0 Å². The number of nitrogens with zero attached hydrogens (tertiary/aromatic N) is 2. The summed E-state index contributed by atoms with van der Waals surface area (Å²) in [5.74, 6) is 0. The zero-order chi connectivity index (χ0) is 15.5. The molecule has 1 aromatic rings.